The van der Waals surface area contributed by atoms with Gasteiger partial charge in [-0.1, -0.05) is 41.6 Å². The van der Waals surface area contributed by atoms with E-state index in [2.05, 4.69) is 0 Å². The molecule has 0 spiro atoms. The maximum Gasteiger partial charge on any atom is 0.198 e. The molecule has 2 rings (SSSR count). The molecule has 0 radical (unpaired) electrons. The standard InChI is InChI=1S/C15H15NOS/c1-11-5-7-14(8-6-11)18-15(17)10-12-3-2-4-13(16)9-12/h2-9H,10,16H2,1H3. The Bertz CT molecular complexity index is 549. The minimum atomic E-state index is 0.129. The molecule has 0 fully saturated rings. The van der Waals surface area contributed by atoms with E-state index in [4.69, 9.17) is 5.73 Å². The van der Waals surface area contributed by atoms with Crippen molar-refractivity contribution in [3.8, 4) is 0 Å². The van der Waals surface area contributed by atoms with Gasteiger partial charge in [-0.2, -0.15) is 0 Å². The Labute approximate surface area is 111 Å². The topological polar surface area (TPSA) is 43.1 Å². The largest absolute Gasteiger partial charge is 0.399 e. The second-order valence-electron chi connectivity index (χ2n) is 4.21. The number of thioether (sulfide) groups is 1. The van der Waals surface area contributed by atoms with Gasteiger partial charge in [-0.3, -0.25) is 4.79 Å². The van der Waals surface area contributed by atoms with Gasteiger partial charge in [-0.05, 0) is 36.8 Å². The van der Waals surface area contributed by atoms with Gasteiger partial charge in [0.1, 0.15) is 0 Å². The lowest BCUT2D eigenvalue weighted by Gasteiger charge is -2.03. The monoisotopic (exact) mass is 257 g/mol. The lowest BCUT2D eigenvalue weighted by Crippen LogP contribution is -1.98. The molecular formula is C15H15NOS. The number of carbonyl (C=O) groups is 1. The van der Waals surface area contributed by atoms with Crippen molar-refractivity contribution in [2.75, 3.05) is 5.73 Å². The third-order valence-corrected chi connectivity index (χ3v) is 3.43. The maximum atomic E-state index is 11.9. The van der Waals surface area contributed by atoms with Gasteiger partial charge in [-0.15, -0.1) is 0 Å². The number of carbonyl (C=O) groups excluding carboxylic acids is 1. The van der Waals surface area contributed by atoms with Crippen LogP contribution < -0.4 is 5.73 Å². The van der Waals surface area contributed by atoms with Gasteiger partial charge in [0.2, 0.25) is 0 Å². The summed E-state index contributed by atoms with van der Waals surface area (Å²) >= 11 is 1.27. The molecule has 0 bridgehead atoms. The van der Waals surface area contributed by atoms with Crippen LogP contribution in [0.3, 0.4) is 0 Å². The number of benzene rings is 2. The molecule has 0 saturated heterocycles. The van der Waals surface area contributed by atoms with E-state index < -0.39 is 0 Å². The van der Waals surface area contributed by atoms with E-state index in [1.807, 2.05) is 55.5 Å². The van der Waals surface area contributed by atoms with Crippen molar-refractivity contribution in [1.29, 1.82) is 0 Å². The van der Waals surface area contributed by atoms with Crippen LogP contribution in [0.4, 0.5) is 5.69 Å². The molecule has 0 amide bonds. The van der Waals surface area contributed by atoms with Crippen molar-refractivity contribution in [3.05, 3.63) is 59.7 Å². The summed E-state index contributed by atoms with van der Waals surface area (Å²) in [5, 5.41) is 0.129. The van der Waals surface area contributed by atoms with E-state index in [0.717, 1.165) is 10.5 Å². The predicted molar refractivity (Wildman–Crippen MR) is 76.6 cm³/mol. The van der Waals surface area contributed by atoms with E-state index >= 15 is 0 Å². The fourth-order valence-corrected chi connectivity index (χ4v) is 2.42. The summed E-state index contributed by atoms with van der Waals surface area (Å²) in [7, 11) is 0. The Hall–Kier alpha value is -1.74. The van der Waals surface area contributed by atoms with Crippen molar-refractivity contribution >= 4 is 22.6 Å². The van der Waals surface area contributed by atoms with Crippen LogP contribution in [0.25, 0.3) is 0 Å². The minimum Gasteiger partial charge on any atom is -0.399 e. The highest BCUT2D eigenvalue weighted by atomic mass is 32.2. The quantitative estimate of drug-likeness (QED) is 0.676. The molecule has 2 aromatic carbocycles. The average Bonchev–Trinajstić information content (AvgIpc) is 2.32. The van der Waals surface area contributed by atoms with E-state index in [1.54, 1.807) is 0 Å². The number of hydrogen-bond acceptors (Lipinski definition) is 3. The number of rotatable bonds is 3. The number of anilines is 1. The van der Waals surface area contributed by atoms with Crippen molar-refractivity contribution in [2.45, 2.75) is 18.2 Å². The Morgan fingerprint density at radius 3 is 2.56 bits per heavy atom. The molecule has 2 aromatic rings. The van der Waals surface area contributed by atoms with Crippen LogP contribution in [0.5, 0.6) is 0 Å². The average molecular weight is 257 g/mol. The number of nitrogens with two attached hydrogens (primary N) is 1. The predicted octanol–water partition coefficient (Wildman–Crippen LogP) is 3.44. The molecule has 0 unspecified atom stereocenters. The number of hydrogen-bond donors (Lipinski definition) is 1. The van der Waals surface area contributed by atoms with Crippen LogP contribution in [-0.4, -0.2) is 5.12 Å². The second-order valence-corrected chi connectivity index (χ2v) is 5.34. The van der Waals surface area contributed by atoms with Crippen LogP contribution in [0.1, 0.15) is 11.1 Å². The summed E-state index contributed by atoms with van der Waals surface area (Å²) in [5.74, 6) is 0. The van der Waals surface area contributed by atoms with Gasteiger partial charge < -0.3 is 5.73 Å². The minimum absolute atomic E-state index is 0.129. The highest BCUT2D eigenvalue weighted by Gasteiger charge is 2.06. The highest BCUT2D eigenvalue weighted by Crippen LogP contribution is 2.21. The fourth-order valence-electron chi connectivity index (χ4n) is 1.64. The van der Waals surface area contributed by atoms with Crippen molar-refractivity contribution in [1.82, 2.24) is 0 Å². The third kappa shape index (κ3) is 3.64. The van der Waals surface area contributed by atoms with Gasteiger partial charge in [0, 0.05) is 17.0 Å². The van der Waals surface area contributed by atoms with Crippen molar-refractivity contribution in [3.63, 3.8) is 0 Å². The van der Waals surface area contributed by atoms with E-state index in [0.29, 0.717) is 12.1 Å². The van der Waals surface area contributed by atoms with Crippen molar-refractivity contribution < 1.29 is 4.79 Å². The number of nitrogen functional groups attached to an aromatic ring is 1. The van der Waals surface area contributed by atoms with Gasteiger partial charge >= 0.3 is 0 Å². The summed E-state index contributed by atoms with van der Waals surface area (Å²) in [6.07, 6.45) is 0.406. The lowest BCUT2D eigenvalue weighted by molar-refractivity contribution is -0.110. The first-order valence-electron chi connectivity index (χ1n) is 5.75. The van der Waals surface area contributed by atoms with Crippen molar-refractivity contribution in [2.24, 2.45) is 0 Å². The second kappa shape index (κ2) is 5.74. The summed E-state index contributed by atoms with van der Waals surface area (Å²) < 4.78 is 0. The van der Waals surface area contributed by atoms with Gasteiger partial charge in [0.25, 0.3) is 0 Å². The van der Waals surface area contributed by atoms with E-state index in [1.165, 1.54) is 17.3 Å². The Kier molecular flexibility index (Phi) is 4.05. The first kappa shape index (κ1) is 12.7. The number of aryl methyl sites for hydroxylation is 1. The molecule has 3 heteroatoms. The highest BCUT2D eigenvalue weighted by molar-refractivity contribution is 8.13. The van der Waals surface area contributed by atoms with Crippen LogP contribution in [0, 0.1) is 6.92 Å². The first-order chi connectivity index (χ1) is 8.63. The van der Waals surface area contributed by atoms with Gasteiger partial charge in [0.05, 0.1) is 0 Å². The molecule has 0 aliphatic carbocycles. The molecule has 0 aliphatic heterocycles. The Morgan fingerprint density at radius 2 is 1.89 bits per heavy atom. The molecule has 0 aliphatic rings. The Morgan fingerprint density at radius 1 is 1.17 bits per heavy atom. The summed E-state index contributed by atoms with van der Waals surface area (Å²) in [6.45, 7) is 2.03. The molecule has 92 valence electrons. The molecule has 0 aromatic heterocycles. The summed E-state index contributed by atoms with van der Waals surface area (Å²) in [4.78, 5) is 12.9. The molecule has 2 nitrogen and oxygen atoms in total. The molecule has 2 N–H and O–H groups in total. The van der Waals surface area contributed by atoms with Crippen LogP contribution >= 0.6 is 11.8 Å². The zero-order valence-corrected chi connectivity index (χ0v) is 11.0. The third-order valence-electron chi connectivity index (χ3n) is 2.55. The van der Waals surface area contributed by atoms with Crippen LogP contribution in [0.15, 0.2) is 53.4 Å². The molecule has 0 saturated carbocycles. The van der Waals surface area contributed by atoms with E-state index in [-0.39, 0.29) is 5.12 Å². The zero-order valence-electron chi connectivity index (χ0n) is 10.2. The van der Waals surface area contributed by atoms with Gasteiger partial charge in [-0.25, -0.2) is 0 Å². The lowest BCUT2D eigenvalue weighted by atomic mass is 10.1. The molecule has 0 atom stereocenters. The SMILES string of the molecule is Cc1ccc(SC(=O)Cc2cccc(N)c2)cc1. The molecule has 18 heavy (non-hydrogen) atoms. The first-order valence-corrected chi connectivity index (χ1v) is 6.57. The van der Waals surface area contributed by atoms with Gasteiger partial charge in [0.15, 0.2) is 5.12 Å². The normalized spacial score (nSPS) is 10.3. The smallest absolute Gasteiger partial charge is 0.198 e. The Balaban J connectivity index is 1.98. The maximum absolute atomic E-state index is 11.9. The molecule has 0 heterocycles. The fraction of sp³-hybridized carbons (Fsp3) is 0.133. The van der Waals surface area contributed by atoms with Crippen LogP contribution in [-0.2, 0) is 11.2 Å². The zero-order chi connectivity index (χ0) is 13.0. The van der Waals surface area contributed by atoms with E-state index in [9.17, 15) is 4.79 Å². The molecular weight excluding hydrogens is 242 g/mol. The van der Waals surface area contributed by atoms with Crippen LogP contribution in [0.2, 0.25) is 0 Å². The summed E-state index contributed by atoms with van der Waals surface area (Å²) in [5.41, 5.74) is 8.54. The summed E-state index contributed by atoms with van der Waals surface area (Å²) in [6, 6.07) is 15.4.